The van der Waals surface area contributed by atoms with Crippen LogP contribution in [0.2, 0.25) is 0 Å². The van der Waals surface area contributed by atoms with Crippen LogP contribution < -0.4 is 0 Å². The second-order valence-corrected chi connectivity index (χ2v) is 10.7. The molecule has 1 aliphatic heterocycles. The molecule has 0 atom stereocenters. The highest BCUT2D eigenvalue weighted by molar-refractivity contribution is 7.89. The number of amides is 1. The molecule has 0 spiro atoms. The molecule has 10 nitrogen and oxygen atoms in total. The van der Waals surface area contributed by atoms with Crippen molar-refractivity contribution in [2.24, 2.45) is 0 Å². The third kappa shape index (κ3) is 4.28. The number of hydrogen-bond acceptors (Lipinski definition) is 6. The predicted molar refractivity (Wildman–Crippen MR) is 136 cm³/mol. The number of fused-ring (bicyclic) bond motifs is 1. The second kappa shape index (κ2) is 9.47. The Morgan fingerprint density at radius 1 is 1.00 bits per heavy atom. The van der Waals surface area contributed by atoms with Gasteiger partial charge in [-0.05, 0) is 32.9 Å². The van der Waals surface area contributed by atoms with Gasteiger partial charge < -0.3 is 4.90 Å². The molecule has 0 radical (unpaired) electrons. The summed E-state index contributed by atoms with van der Waals surface area (Å²) < 4.78 is 31.4. The third-order valence-corrected chi connectivity index (χ3v) is 8.57. The van der Waals surface area contributed by atoms with Crippen molar-refractivity contribution in [3.05, 3.63) is 60.2 Å². The van der Waals surface area contributed by atoms with Crippen LogP contribution in [0.4, 0.5) is 0 Å². The SMILES string of the molecule is CCn1cc(-c2cc(C(=O)N3CCN(S(=O)(=O)c4cn(CC)nc4C)CC3)c3ccccc3n2)cn1. The van der Waals surface area contributed by atoms with E-state index < -0.39 is 10.0 Å². The van der Waals surface area contributed by atoms with Gasteiger partial charge in [-0.1, -0.05) is 18.2 Å². The fourth-order valence-corrected chi connectivity index (χ4v) is 6.12. The Morgan fingerprint density at radius 3 is 2.39 bits per heavy atom. The van der Waals surface area contributed by atoms with Crippen LogP contribution in [-0.4, -0.2) is 74.3 Å². The van der Waals surface area contributed by atoms with Gasteiger partial charge in [-0.15, -0.1) is 0 Å². The van der Waals surface area contributed by atoms with Crippen molar-refractivity contribution in [1.29, 1.82) is 0 Å². The topological polar surface area (TPSA) is 106 Å². The van der Waals surface area contributed by atoms with Gasteiger partial charge in [-0.3, -0.25) is 14.2 Å². The number of rotatable bonds is 6. The maximum Gasteiger partial charge on any atom is 0.254 e. The molecule has 3 aromatic heterocycles. The fourth-order valence-electron chi connectivity index (χ4n) is 4.52. The molecule has 188 valence electrons. The van der Waals surface area contributed by atoms with Crippen molar-refractivity contribution < 1.29 is 13.2 Å². The summed E-state index contributed by atoms with van der Waals surface area (Å²) in [5.74, 6) is -0.134. The van der Waals surface area contributed by atoms with Crippen LogP contribution in [0.25, 0.3) is 22.2 Å². The van der Waals surface area contributed by atoms with Crippen LogP contribution in [0, 0.1) is 6.92 Å². The van der Waals surface area contributed by atoms with Crippen molar-refractivity contribution in [1.82, 2.24) is 33.8 Å². The first-order valence-corrected chi connectivity index (χ1v) is 13.5. The Hall–Kier alpha value is -3.57. The molecule has 0 unspecified atom stereocenters. The first-order chi connectivity index (χ1) is 17.3. The molecule has 0 bridgehead atoms. The van der Waals surface area contributed by atoms with Crippen LogP contribution in [-0.2, 0) is 23.1 Å². The molecule has 0 N–H and O–H groups in total. The number of benzene rings is 1. The maximum absolute atomic E-state index is 13.7. The van der Waals surface area contributed by atoms with Crippen molar-refractivity contribution in [2.75, 3.05) is 26.2 Å². The Labute approximate surface area is 210 Å². The Morgan fingerprint density at radius 2 is 1.72 bits per heavy atom. The van der Waals surface area contributed by atoms with E-state index in [0.717, 1.165) is 23.0 Å². The standard InChI is InChI=1S/C25H29N7O3S/c1-4-30-16-19(15-26-30)23-14-21(20-8-6-7-9-22(20)27-23)25(33)29-10-12-32(13-11-29)36(34,35)24-17-31(5-2)28-18(24)3/h6-9,14-17H,4-5,10-13H2,1-3H3. The number of pyridine rings is 1. The minimum atomic E-state index is -3.68. The van der Waals surface area contributed by atoms with E-state index in [1.54, 1.807) is 28.9 Å². The number of piperazine rings is 1. The molecule has 0 saturated carbocycles. The predicted octanol–water partition coefficient (Wildman–Crippen LogP) is 2.79. The zero-order valence-electron chi connectivity index (χ0n) is 20.6. The van der Waals surface area contributed by atoms with Gasteiger partial charge in [0.1, 0.15) is 4.90 Å². The van der Waals surface area contributed by atoms with Gasteiger partial charge >= 0.3 is 0 Å². The number of sulfonamides is 1. The van der Waals surface area contributed by atoms with E-state index in [1.165, 1.54) is 4.31 Å². The molecule has 1 aliphatic rings. The smallest absolute Gasteiger partial charge is 0.254 e. The molecule has 0 aliphatic carbocycles. The number of aryl methyl sites for hydroxylation is 3. The number of hydrogen-bond donors (Lipinski definition) is 0. The second-order valence-electron chi connectivity index (χ2n) is 8.79. The number of aromatic nitrogens is 5. The first kappa shape index (κ1) is 24.1. The maximum atomic E-state index is 13.7. The van der Waals surface area contributed by atoms with Gasteiger partial charge in [-0.25, -0.2) is 13.4 Å². The largest absolute Gasteiger partial charge is 0.336 e. The van der Waals surface area contributed by atoms with Gasteiger partial charge in [0.15, 0.2) is 0 Å². The number of nitrogens with zero attached hydrogens (tertiary/aromatic N) is 7. The molecular formula is C25H29N7O3S. The van der Waals surface area contributed by atoms with Gasteiger partial charge in [0.25, 0.3) is 5.91 Å². The van der Waals surface area contributed by atoms with E-state index in [1.807, 2.05) is 55.1 Å². The summed E-state index contributed by atoms with van der Waals surface area (Å²) in [5.41, 5.74) is 3.29. The molecule has 1 fully saturated rings. The average molecular weight is 508 g/mol. The van der Waals surface area contributed by atoms with Gasteiger partial charge in [0, 0.05) is 62.6 Å². The van der Waals surface area contributed by atoms with Crippen LogP contribution >= 0.6 is 0 Å². The lowest BCUT2D eigenvalue weighted by molar-refractivity contribution is 0.0700. The fraction of sp³-hybridized carbons (Fsp3) is 0.360. The zero-order valence-corrected chi connectivity index (χ0v) is 21.4. The summed E-state index contributed by atoms with van der Waals surface area (Å²) in [7, 11) is -3.68. The number of carbonyl (C=O) groups is 1. The summed E-state index contributed by atoms with van der Waals surface area (Å²) in [4.78, 5) is 20.4. The third-order valence-electron chi connectivity index (χ3n) is 6.57. The summed E-state index contributed by atoms with van der Waals surface area (Å²) in [6.07, 6.45) is 5.24. The highest BCUT2D eigenvalue weighted by Gasteiger charge is 2.33. The highest BCUT2D eigenvalue weighted by atomic mass is 32.2. The van der Waals surface area contributed by atoms with E-state index in [-0.39, 0.29) is 23.9 Å². The molecule has 1 amide bonds. The van der Waals surface area contributed by atoms with E-state index in [2.05, 4.69) is 10.2 Å². The van der Waals surface area contributed by atoms with Gasteiger partial charge in [0.05, 0.1) is 28.7 Å². The lowest BCUT2D eigenvalue weighted by atomic mass is 10.0. The van der Waals surface area contributed by atoms with Crippen molar-refractivity contribution in [2.45, 2.75) is 38.8 Å². The van der Waals surface area contributed by atoms with Crippen molar-refractivity contribution in [3.63, 3.8) is 0 Å². The van der Waals surface area contributed by atoms with E-state index in [4.69, 9.17) is 4.98 Å². The monoisotopic (exact) mass is 507 g/mol. The average Bonchev–Trinajstić information content (AvgIpc) is 3.54. The van der Waals surface area contributed by atoms with Crippen LogP contribution in [0.15, 0.2) is 53.8 Å². The number of carbonyl (C=O) groups excluding carboxylic acids is 1. The minimum absolute atomic E-state index is 0.134. The highest BCUT2D eigenvalue weighted by Crippen LogP contribution is 2.27. The molecule has 1 aromatic carbocycles. The normalized spacial score (nSPS) is 15.0. The van der Waals surface area contributed by atoms with Crippen LogP contribution in [0.1, 0.15) is 29.9 Å². The Balaban J connectivity index is 1.40. The Kier molecular flexibility index (Phi) is 6.35. The van der Waals surface area contributed by atoms with Crippen molar-refractivity contribution in [3.8, 4) is 11.3 Å². The lowest BCUT2D eigenvalue weighted by Crippen LogP contribution is -2.50. The first-order valence-electron chi connectivity index (χ1n) is 12.1. The van der Waals surface area contributed by atoms with E-state index >= 15 is 0 Å². The molecule has 11 heteroatoms. The lowest BCUT2D eigenvalue weighted by Gasteiger charge is -2.34. The molecular weight excluding hydrogens is 478 g/mol. The molecule has 5 rings (SSSR count). The molecule has 1 saturated heterocycles. The minimum Gasteiger partial charge on any atom is -0.336 e. The molecule has 36 heavy (non-hydrogen) atoms. The molecule has 4 aromatic rings. The van der Waals surface area contributed by atoms with Crippen LogP contribution in [0.3, 0.4) is 0 Å². The summed E-state index contributed by atoms with van der Waals surface area (Å²) in [6.45, 7) is 8.03. The van der Waals surface area contributed by atoms with Crippen molar-refractivity contribution >= 4 is 26.8 Å². The summed E-state index contributed by atoms with van der Waals surface area (Å²) in [5, 5.41) is 9.38. The zero-order chi connectivity index (χ0) is 25.4. The summed E-state index contributed by atoms with van der Waals surface area (Å²) in [6, 6.07) is 9.38. The van der Waals surface area contributed by atoms with E-state index in [0.29, 0.717) is 36.6 Å². The number of para-hydroxylation sites is 1. The Bertz CT molecular complexity index is 1530. The quantitative estimate of drug-likeness (QED) is 0.397. The van der Waals surface area contributed by atoms with E-state index in [9.17, 15) is 13.2 Å². The van der Waals surface area contributed by atoms with Crippen LogP contribution in [0.5, 0.6) is 0 Å². The molecule has 4 heterocycles. The van der Waals surface area contributed by atoms with Gasteiger partial charge in [0.2, 0.25) is 10.0 Å². The summed E-state index contributed by atoms with van der Waals surface area (Å²) >= 11 is 0. The van der Waals surface area contributed by atoms with Gasteiger partial charge in [-0.2, -0.15) is 14.5 Å².